The number of aliphatic hydroxyl groups is 1. The SMILES string of the molecule is O=S(=O)(CCCCO)NCc1cccc2ccccc12. The van der Waals surface area contributed by atoms with Crippen molar-refractivity contribution in [3.8, 4) is 0 Å². The van der Waals surface area contributed by atoms with Crippen LogP contribution >= 0.6 is 0 Å². The molecule has 0 radical (unpaired) electrons. The maximum atomic E-state index is 11.8. The number of benzene rings is 2. The van der Waals surface area contributed by atoms with Crippen LogP contribution < -0.4 is 4.72 Å². The van der Waals surface area contributed by atoms with E-state index >= 15 is 0 Å². The molecule has 2 aromatic carbocycles. The van der Waals surface area contributed by atoms with Gasteiger partial charge in [0.25, 0.3) is 0 Å². The molecule has 0 saturated heterocycles. The minimum atomic E-state index is -3.28. The van der Waals surface area contributed by atoms with Crippen molar-refractivity contribution in [3.63, 3.8) is 0 Å². The fourth-order valence-electron chi connectivity index (χ4n) is 2.11. The average molecular weight is 293 g/mol. The van der Waals surface area contributed by atoms with Crippen molar-refractivity contribution in [3.05, 3.63) is 48.0 Å². The van der Waals surface area contributed by atoms with Gasteiger partial charge in [0, 0.05) is 13.2 Å². The van der Waals surface area contributed by atoms with Gasteiger partial charge in [-0.2, -0.15) is 0 Å². The summed E-state index contributed by atoms with van der Waals surface area (Å²) in [7, 11) is -3.28. The molecule has 4 nitrogen and oxygen atoms in total. The second kappa shape index (κ2) is 6.83. The van der Waals surface area contributed by atoms with Crippen LogP contribution in [0.2, 0.25) is 0 Å². The Bertz CT molecular complexity index is 662. The van der Waals surface area contributed by atoms with Crippen molar-refractivity contribution in [2.24, 2.45) is 0 Å². The van der Waals surface area contributed by atoms with Crippen LogP contribution in [0.4, 0.5) is 0 Å². The minimum Gasteiger partial charge on any atom is -0.396 e. The number of hydrogen-bond donors (Lipinski definition) is 2. The van der Waals surface area contributed by atoms with Crippen molar-refractivity contribution < 1.29 is 13.5 Å². The monoisotopic (exact) mass is 293 g/mol. The molecule has 108 valence electrons. The largest absolute Gasteiger partial charge is 0.396 e. The normalized spacial score (nSPS) is 11.8. The van der Waals surface area contributed by atoms with Gasteiger partial charge in [-0.15, -0.1) is 0 Å². The first-order chi connectivity index (χ1) is 9.62. The number of rotatable bonds is 7. The molecule has 0 saturated carbocycles. The lowest BCUT2D eigenvalue weighted by molar-refractivity contribution is 0.287. The van der Waals surface area contributed by atoms with Gasteiger partial charge in [0.2, 0.25) is 10.0 Å². The van der Waals surface area contributed by atoms with Gasteiger partial charge in [-0.25, -0.2) is 13.1 Å². The Morgan fingerprint density at radius 3 is 2.55 bits per heavy atom. The summed E-state index contributed by atoms with van der Waals surface area (Å²) in [4.78, 5) is 0. The highest BCUT2D eigenvalue weighted by atomic mass is 32.2. The van der Waals surface area contributed by atoms with Gasteiger partial charge in [0.15, 0.2) is 0 Å². The Labute approximate surface area is 119 Å². The van der Waals surface area contributed by atoms with Crippen LogP contribution in [-0.2, 0) is 16.6 Å². The summed E-state index contributed by atoms with van der Waals surface area (Å²) in [5.74, 6) is 0.0539. The van der Waals surface area contributed by atoms with E-state index in [1.165, 1.54) is 0 Å². The summed E-state index contributed by atoms with van der Waals surface area (Å²) in [5.41, 5.74) is 0.967. The van der Waals surface area contributed by atoms with Crippen LogP contribution in [0.15, 0.2) is 42.5 Å². The van der Waals surface area contributed by atoms with Crippen LogP contribution in [0.25, 0.3) is 10.8 Å². The fraction of sp³-hybridized carbons (Fsp3) is 0.333. The van der Waals surface area contributed by atoms with E-state index < -0.39 is 10.0 Å². The molecule has 0 atom stereocenters. The van der Waals surface area contributed by atoms with E-state index in [0.29, 0.717) is 19.4 Å². The zero-order valence-electron chi connectivity index (χ0n) is 11.2. The number of nitrogens with one attached hydrogen (secondary N) is 1. The van der Waals surface area contributed by atoms with Crippen molar-refractivity contribution in [2.75, 3.05) is 12.4 Å². The van der Waals surface area contributed by atoms with Gasteiger partial charge in [-0.3, -0.25) is 0 Å². The molecule has 20 heavy (non-hydrogen) atoms. The number of unbranched alkanes of at least 4 members (excludes halogenated alkanes) is 1. The standard InChI is InChI=1S/C15H19NO3S/c17-10-3-4-11-20(18,19)16-12-14-8-5-7-13-6-1-2-9-15(13)14/h1-2,5-9,16-17H,3-4,10-12H2. The van der Waals surface area contributed by atoms with E-state index in [4.69, 9.17) is 5.11 Å². The van der Waals surface area contributed by atoms with Crippen molar-refractivity contribution in [1.29, 1.82) is 0 Å². The Kier molecular flexibility index (Phi) is 5.11. The molecule has 0 spiro atoms. The summed E-state index contributed by atoms with van der Waals surface area (Å²) in [6.45, 7) is 0.321. The molecule has 0 aliphatic carbocycles. The molecular weight excluding hydrogens is 274 g/mol. The maximum absolute atomic E-state index is 11.8. The van der Waals surface area contributed by atoms with E-state index in [1.54, 1.807) is 0 Å². The third-order valence-corrected chi connectivity index (χ3v) is 4.59. The summed E-state index contributed by atoms with van der Waals surface area (Å²) in [6.07, 6.45) is 0.983. The van der Waals surface area contributed by atoms with Gasteiger partial charge in [-0.05, 0) is 29.2 Å². The molecule has 0 unspecified atom stereocenters. The van der Waals surface area contributed by atoms with Crippen molar-refractivity contribution in [1.82, 2.24) is 4.72 Å². The number of sulfonamides is 1. The van der Waals surface area contributed by atoms with Crippen molar-refractivity contribution >= 4 is 20.8 Å². The second-order valence-corrected chi connectivity index (χ2v) is 6.64. The first-order valence-electron chi connectivity index (χ1n) is 6.67. The molecule has 5 heteroatoms. The molecule has 0 heterocycles. The van der Waals surface area contributed by atoms with Crippen LogP contribution in [0.5, 0.6) is 0 Å². The third-order valence-electron chi connectivity index (χ3n) is 3.18. The third kappa shape index (κ3) is 4.03. The lowest BCUT2D eigenvalue weighted by atomic mass is 10.1. The Balaban J connectivity index is 2.06. The lowest BCUT2D eigenvalue weighted by Gasteiger charge is -2.09. The zero-order chi connectivity index (χ0) is 14.4. The van der Waals surface area contributed by atoms with Gasteiger partial charge in [0.05, 0.1) is 5.75 Å². The summed E-state index contributed by atoms with van der Waals surface area (Å²) in [6, 6.07) is 13.8. The first-order valence-corrected chi connectivity index (χ1v) is 8.32. The predicted octanol–water partition coefficient (Wildman–Crippen LogP) is 2.03. The molecule has 0 aliphatic heterocycles. The van der Waals surface area contributed by atoms with E-state index in [9.17, 15) is 8.42 Å². The summed E-state index contributed by atoms with van der Waals surface area (Å²) in [5, 5.41) is 10.8. The summed E-state index contributed by atoms with van der Waals surface area (Å²) >= 11 is 0. The highest BCUT2D eigenvalue weighted by Crippen LogP contribution is 2.18. The van der Waals surface area contributed by atoms with Crippen molar-refractivity contribution in [2.45, 2.75) is 19.4 Å². The maximum Gasteiger partial charge on any atom is 0.211 e. The molecule has 0 aliphatic rings. The quantitative estimate of drug-likeness (QED) is 0.768. The number of hydrogen-bond acceptors (Lipinski definition) is 3. The molecular formula is C15H19NO3S. The summed E-state index contributed by atoms with van der Waals surface area (Å²) < 4.78 is 26.3. The molecule has 2 aromatic rings. The van der Waals surface area contributed by atoms with E-state index in [0.717, 1.165) is 16.3 Å². The van der Waals surface area contributed by atoms with Crippen LogP contribution in [0, 0.1) is 0 Å². The molecule has 2 rings (SSSR count). The first kappa shape index (κ1) is 15.0. The van der Waals surface area contributed by atoms with Gasteiger partial charge >= 0.3 is 0 Å². The molecule has 0 aromatic heterocycles. The highest BCUT2D eigenvalue weighted by molar-refractivity contribution is 7.89. The average Bonchev–Trinajstić information content (AvgIpc) is 2.45. The lowest BCUT2D eigenvalue weighted by Crippen LogP contribution is -2.26. The number of aliphatic hydroxyl groups excluding tert-OH is 1. The van der Waals surface area contributed by atoms with Crippen LogP contribution in [0.1, 0.15) is 18.4 Å². The Morgan fingerprint density at radius 1 is 1.00 bits per heavy atom. The fourth-order valence-corrected chi connectivity index (χ4v) is 3.21. The van der Waals surface area contributed by atoms with Crippen LogP contribution in [-0.4, -0.2) is 25.9 Å². The zero-order valence-corrected chi connectivity index (χ0v) is 12.1. The van der Waals surface area contributed by atoms with Crippen LogP contribution in [0.3, 0.4) is 0 Å². The molecule has 0 amide bonds. The predicted molar refractivity (Wildman–Crippen MR) is 80.9 cm³/mol. The second-order valence-electron chi connectivity index (χ2n) is 4.71. The Hall–Kier alpha value is -1.43. The smallest absolute Gasteiger partial charge is 0.211 e. The minimum absolute atomic E-state index is 0.0266. The van der Waals surface area contributed by atoms with Gasteiger partial charge < -0.3 is 5.11 Å². The van der Waals surface area contributed by atoms with Gasteiger partial charge in [-0.1, -0.05) is 42.5 Å². The molecule has 0 bridgehead atoms. The van der Waals surface area contributed by atoms with E-state index in [-0.39, 0.29) is 12.4 Å². The molecule has 0 fully saturated rings. The van der Waals surface area contributed by atoms with Gasteiger partial charge in [0.1, 0.15) is 0 Å². The van der Waals surface area contributed by atoms with E-state index in [2.05, 4.69) is 4.72 Å². The Morgan fingerprint density at radius 2 is 1.75 bits per heavy atom. The van der Waals surface area contributed by atoms with E-state index in [1.807, 2.05) is 42.5 Å². The molecule has 2 N–H and O–H groups in total. The highest BCUT2D eigenvalue weighted by Gasteiger charge is 2.10. The number of fused-ring (bicyclic) bond motifs is 1. The topological polar surface area (TPSA) is 66.4 Å².